The molecule has 0 atom stereocenters. The molecule has 0 aromatic carbocycles. The van der Waals surface area contributed by atoms with Crippen molar-refractivity contribution in [3.63, 3.8) is 0 Å². The van der Waals surface area contributed by atoms with E-state index in [0.29, 0.717) is 0 Å². The van der Waals surface area contributed by atoms with Crippen LogP contribution < -0.4 is 15.3 Å². The van der Waals surface area contributed by atoms with Gasteiger partial charge in [0, 0.05) is 0 Å². The fourth-order valence-electron chi connectivity index (χ4n) is 3.25. The molecule has 0 aliphatic carbocycles. The van der Waals surface area contributed by atoms with E-state index < -0.39 is 17.9 Å². The predicted octanol–water partition coefficient (Wildman–Crippen LogP) is 3.45. The van der Waals surface area contributed by atoms with E-state index in [-0.39, 0.29) is 92.1 Å². The number of hydrogen-bond donors (Lipinski definition) is 0. The Morgan fingerprint density at radius 1 is 0.304 bits per heavy atom. The molecule has 276 valence electrons. The van der Waals surface area contributed by atoms with Crippen molar-refractivity contribution in [2.24, 2.45) is 0 Å². The molecule has 0 radical (unpaired) electrons. The molecule has 0 bridgehead atoms. The Labute approximate surface area is 292 Å². The van der Waals surface area contributed by atoms with E-state index in [0.717, 1.165) is 0 Å². The van der Waals surface area contributed by atoms with Gasteiger partial charge >= 0.3 is 17.4 Å². The standard InChI is InChI=1S/3C11H23O4.Al/c3*1-8(2)13-7-11(12,14-9(3)4)15-10(5)6;/h3*8-10H,7H2,1-6H3;/q3*-1;+3. The Kier molecular flexibility index (Phi) is 30.9. The zero-order valence-corrected chi connectivity index (χ0v) is 33.4. The van der Waals surface area contributed by atoms with Crippen molar-refractivity contribution in [2.45, 2.75) is 197 Å². The van der Waals surface area contributed by atoms with Crippen LogP contribution in [0.2, 0.25) is 0 Å². The van der Waals surface area contributed by atoms with Crippen LogP contribution in [0.25, 0.3) is 0 Å². The normalized spacial score (nSPS) is 12.9. The Bertz CT molecular complexity index is 565. The summed E-state index contributed by atoms with van der Waals surface area (Å²) in [6.45, 7) is 32.5. The first-order chi connectivity index (χ1) is 20.2. The van der Waals surface area contributed by atoms with Gasteiger partial charge in [-0.15, -0.1) is 0 Å². The largest absolute Gasteiger partial charge is 3.00 e. The van der Waals surface area contributed by atoms with Crippen LogP contribution in [0.1, 0.15) is 125 Å². The summed E-state index contributed by atoms with van der Waals surface area (Å²) in [4.78, 5) is 0. The molecule has 0 unspecified atom stereocenters. The summed E-state index contributed by atoms with van der Waals surface area (Å²) in [5.74, 6) is -5.69. The predicted molar refractivity (Wildman–Crippen MR) is 175 cm³/mol. The van der Waals surface area contributed by atoms with E-state index in [1.54, 1.807) is 83.1 Å². The minimum atomic E-state index is -1.90. The smallest absolute Gasteiger partial charge is 0.805 e. The molecule has 0 N–H and O–H groups in total. The van der Waals surface area contributed by atoms with Crippen LogP contribution in [0.3, 0.4) is 0 Å². The molecule has 0 aliphatic rings. The first-order valence-electron chi connectivity index (χ1n) is 16.3. The molecular formula is C33H69AlO12. The molecule has 12 nitrogen and oxygen atoms in total. The minimum Gasteiger partial charge on any atom is -0.805 e. The van der Waals surface area contributed by atoms with Gasteiger partial charge in [0.05, 0.1) is 74.8 Å². The molecule has 0 fully saturated rings. The van der Waals surface area contributed by atoms with Crippen molar-refractivity contribution < 1.29 is 58.0 Å². The monoisotopic (exact) mass is 684 g/mol. The zero-order valence-electron chi connectivity index (χ0n) is 32.3. The molecular weight excluding hydrogens is 615 g/mol. The number of ether oxygens (including phenoxy) is 9. The van der Waals surface area contributed by atoms with Crippen LogP contribution in [-0.2, 0) is 42.6 Å². The third-order valence-corrected chi connectivity index (χ3v) is 4.27. The van der Waals surface area contributed by atoms with Gasteiger partial charge in [-0.1, -0.05) is 0 Å². The van der Waals surface area contributed by atoms with Gasteiger partial charge in [0.1, 0.15) is 17.9 Å². The van der Waals surface area contributed by atoms with Crippen LogP contribution >= 0.6 is 0 Å². The van der Waals surface area contributed by atoms with Crippen molar-refractivity contribution in [1.29, 1.82) is 0 Å². The Morgan fingerprint density at radius 2 is 0.435 bits per heavy atom. The summed E-state index contributed by atoms with van der Waals surface area (Å²) in [5, 5.41) is 36.2. The van der Waals surface area contributed by atoms with E-state index in [1.165, 1.54) is 0 Å². The van der Waals surface area contributed by atoms with E-state index in [9.17, 15) is 15.3 Å². The van der Waals surface area contributed by atoms with E-state index in [2.05, 4.69) is 0 Å². The summed E-state index contributed by atoms with van der Waals surface area (Å²) in [5.41, 5.74) is 0. The van der Waals surface area contributed by atoms with Crippen molar-refractivity contribution in [3.8, 4) is 0 Å². The summed E-state index contributed by atoms with van der Waals surface area (Å²) in [6, 6.07) is 0. The number of rotatable bonds is 21. The van der Waals surface area contributed by atoms with Crippen LogP contribution in [-0.4, -0.2) is 110 Å². The summed E-state index contributed by atoms with van der Waals surface area (Å²) in [7, 11) is 0. The van der Waals surface area contributed by atoms with Gasteiger partial charge in [0.15, 0.2) is 0 Å². The second kappa shape index (κ2) is 26.9. The molecule has 0 aromatic rings. The van der Waals surface area contributed by atoms with E-state index >= 15 is 0 Å². The van der Waals surface area contributed by atoms with Gasteiger partial charge in [-0.3, -0.25) is 0 Å². The zero-order chi connectivity index (χ0) is 36.2. The average molecular weight is 685 g/mol. The van der Waals surface area contributed by atoms with Gasteiger partial charge in [0.2, 0.25) is 0 Å². The molecule has 0 aromatic heterocycles. The maximum absolute atomic E-state index is 12.1. The Balaban J connectivity index is -0.000000285. The molecule has 0 aliphatic heterocycles. The Hall–Kier alpha value is 0.0525. The van der Waals surface area contributed by atoms with Gasteiger partial charge < -0.3 is 58.0 Å². The molecule has 0 saturated carbocycles. The summed E-state index contributed by atoms with van der Waals surface area (Å²) in [6.07, 6.45) is -1.13. The van der Waals surface area contributed by atoms with Crippen molar-refractivity contribution in [2.75, 3.05) is 19.8 Å². The fourth-order valence-corrected chi connectivity index (χ4v) is 3.25. The summed E-state index contributed by atoms with van der Waals surface area (Å²) >= 11 is 0. The molecule has 46 heavy (non-hydrogen) atoms. The second-order valence-electron chi connectivity index (χ2n) is 13.1. The minimum absolute atomic E-state index is 0. The molecule has 0 rings (SSSR count). The summed E-state index contributed by atoms with van der Waals surface area (Å²) < 4.78 is 46.9. The van der Waals surface area contributed by atoms with Crippen molar-refractivity contribution >= 4 is 17.4 Å². The van der Waals surface area contributed by atoms with E-state index in [1.807, 2.05) is 41.5 Å². The van der Waals surface area contributed by atoms with Crippen LogP contribution in [0, 0.1) is 0 Å². The molecule has 0 heterocycles. The first kappa shape index (κ1) is 52.9. The van der Waals surface area contributed by atoms with Gasteiger partial charge in [0.25, 0.3) is 0 Å². The molecule has 13 heteroatoms. The number of hydrogen-bond acceptors (Lipinski definition) is 12. The van der Waals surface area contributed by atoms with Crippen LogP contribution in [0.5, 0.6) is 0 Å². The fraction of sp³-hybridized carbons (Fsp3) is 1.00. The topological polar surface area (TPSA) is 152 Å². The second-order valence-corrected chi connectivity index (χ2v) is 13.1. The van der Waals surface area contributed by atoms with Crippen LogP contribution in [0.15, 0.2) is 0 Å². The molecule has 0 spiro atoms. The maximum Gasteiger partial charge on any atom is 3.00 e. The van der Waals surface area contributed by atoms with Gasteiger partial charge in [-0.05, 0) is 125 Å². The van der Waals surface area contributed by atoms with Crippen molar-refractivity contribution in [3.05, 3.63) is 0 Å². The van der Waals surface area contributed by atoms with Gasteiger partial charge in [-0.2, -0.15) is 0 Å². The first-order valence-corrected chi connectivity index (χ1v) is 16.3. The average Bonchev–Trinajstić information content (AvgIpc) is 2.78. The van der Waals surface area contributed by atoms with Gasteiger partial charge in [-0.25, -0.2) is 0 Å². The molecule has 0 amide bonds. The maximum atomic E-state index is 12.1. The quantitative estimate of drug-likeness (QED) is 0.129. The SMILES string of the molecule is CC(C)OCC([O-])(OC(C)C)OC(C)C.CC(C)OCC([O-])(OC(C)C)OC(C)C.CC(C)OCC([O-])(OC(C)C)OC(C)C.[Al+3]. The van der Waals surface area contributed by atoms with Crippen LogP contribution in [0.4, 0.5) is 0 Å². The third kappa shape index (κ3) is 35.4. The van der Waals surface area contributed by atoms with E-state index in [4.69, 9.17) is 42.6 Å². The van der Waals surface area contributed by atoms with Crippen molar-refractivity contribution in [1.82, 2.24) is 0 Å². The third-order valence-electron chi connectivity index (χ3n) is 4.27. The molecule has 0 saturated heterocycles. The Morgan fingerprint density at radius 3 is 0.522 bits per heavy atom.